The predicted octanol–water partition coefficient (Wildman–Crippen LogP) is 3.54. The minimum absolute atomic E-state index is 0.0105. The highest BCUT2D eigenvalue weighted by atomic mass is 19.1. The second-order valence-electron chi connectivity index (χ2n) is 5.52. The second kappa shape index (κ2) is 4.98. The Labute approximate surface area is 117 Å². The van der Waals surface area contributed by atoms with Crippen molar-refractivity contribution in [3.8, 4) is 0 Å². The van der Waals surface area contributed by atoms with Crippen molar-refractivity contribution >= 4 is 0 Å². The van der Waals surface area contributed by atoms with E-state index < -0.39 is 0 Å². The molecule has 0 fully saturated rings. The summed E-state index contributed by atoms with van der Waals surface area (Å²) in [6.45, 7) is 1.94. The zero-order chi connectivity index (χ0) is 14.3. The Kier molecular flexibility index (Phi) is 3.30. The number of nitrogens with two attached hydrogens (primary N) is 1. The summed E-state index contributed by atoms with van der Waals surface area (Å²) < 4.78 is 26.9. The van der Waals surface area contributed by atoms with Gasteiger partial charge in [0.1, 0.15) is 11.6 Å². The van der Waals surface area contributed by atoms with Crippen molar-refractivity contribution in [2.75, 3.05) is 0 Å². The molecule has 1 aliphatic carbocycles. The van der Waals surface area contributed by atoms with E-state index in [1.165, 1.54) is 12.1 Å². The maximum atomic E-state index is 13.5. The smallest absolute Gasteiger partial charge is 0.123 e. The highest BCUT2D eigenvalue weighted by Crippen LogP contribution is 2.36. The van der Waals surface area contributed by atoms with Crippen LogP contribution >= 0.6 is 0 Å². The molecule has 1 nitrogen and oxygen atoms in total. The molecular weight excluding hydrogens is 256 g/mol. The van der Waals surface area contributed by atoms with Gasteiger partial charge in [-0.05, 0) is 66.3 Å². The van der Waals surface area contributed by atoms with Crippen molar-refractivity contribution in [1.82, 2.24) is 0 Å². The van der Waals surface area contributed by atoms with Gasteiger partial charge in [-0.1, -0.05) is 12.1 Å². The molecule has 0 spiro atoms. The summed E-state index contributed by atoms with van der Waals surface area (Å²) in [5, 5.41) is 0. The van der Waals surface area contributed by atoms with Crippen molar-refractivity contribution in [2.24, 2.45) is 5.73 Å². The monoisotopic (exact) mass is 273 g/mol. The first-order chi connectivity index (χ1) is 9.56. The van der Waals surface area contributed by atoms with Gasteiger partial charge in [0, 0.05) is 12.0 Å². The molecule has 2 aromatic carbocycles. The molecule has 0 radical (unpaired) electrons. The fourth-order valence-corrected chi connectivity index (χ4v) is 3.19. The molecule has 3 rings (SSSR count). The van der Waals surface area contributed by atoms with E-state index in [2.05, 4.69) is 0 Å². The van der Waals surface area contributed by atoms with Crippen LogP contribution in [-0.2, 0) is 12.8 Å². The van der Waals surface area contributed by atoms with Gasteiger partial charge >= 0.3 is 0 Å². The van der Waals surface area contributed by atoms with Gasteiger partial charge in [0.25, 0.3) is 0 Å². The molecule has 0 aromatic heterocycles. The minimum atomic E-state index is -0.232. The quantitative estimate of drug-likeness (QED) is 0.845. The van der Waals surface area contributed by atoms with Crippen molar-refractivity contribution in [2.45, 2.75) is 31.7 Å². The third kappa shape index (κ3) is 2.22. The number of hydrogen-bond donors (Lipinski definition) is 1. The van der Waals surface area contributed by atoms with Gasteiger partial charge in [-0.25, -0.2) is 8.78 Å². The maximum Gasteiger partial charge on any atom is 0.123 e. The van der Waals surface area contributed by atoms with Crippen LogP contribution in [0, 0.1) is 11.6 Å². The molecule has 0 amide bonds. The molecule has 104 valence electrons. The average molecular weight is 273 g/mol. The molecule has 2 aromatic rings. The standard InChI is InChI=1S/C17H17F2N/c1-10(20)17-15-6-4-13(18)8-11(15)2-3-12-9-14(19)5-7-16(12)17/h4-10,17H,2-3,20H2,1H3. The van der Waals surface area contributed by atoms with Crippen LogP contribution in [0.4, 0.5) is 8.78 Å². The van der Waals surface area contributed by atoms with Crippen LogP contribution in [0.15, 0.2) is 36.4 Å². The van der Waals surface area contributed by atoms with Crippen molar-refractivity contribution < 1.29 is 8.78 Å². The summed E-state index contributed by atoms with van der Waals surface area (Å²) in [4.78, 5) is 0. The van der Waals surface area contributed by atoms with E-state index in [9.17, 15) is 8.78 Å². The molecule has 0 heterocycles. The van der Waals surface area contributed by atoms with Crippen LogP contribution in [0.2, 0.25) is 0 Å². The molecule has 20 heavy (non-hydrogen) atoms. The lowest BCUT2D eigenvalue weighted by atomic mass is 9.83. The van der Waals surface area contributed by atoms with Gasteiger partial charge in [0.15, 0.2) is 0 Å². The first kappa shape index (κ1) is 13.3. The average Bonchev–Trinajstić information content (AvgIpc) is 2.55. The van der Waals surface area contributed by atoms with E-state index in [1.807, 2.05) is 19.1 Å². The molecule has 3 heteroatoms. The molecule has 1 unspecified atom stereocenters. The fraction of sp³-hybridized carbons (Fsp3) is 0.294. The van der Waals surface area contributed by atoms with Gasteiger partial charge in [0.2, 0.25) is 0 Å². The topological polar surface area (TPSA) is 26.0 Å². The SMILES string of the molecule is CC(N)C1c2ccc(F)cc2CCc2cc(F)ccc21. The predicted molar refractivity (Wildman–Crippen MR) is 75.7 cm³/mol. The maximum absolute atomic E-state index is 13.5. The fourth-order valence-electron chi connectivity index (χ4n) is 3.19. The van der Waals surface area contributed by atoms with Gasteiger partial charge < -0.3 is 5.73 Å². The molecule has 1 atom stereocenters. The number of hydrogen-bond acceptors (Lipinski definition) is 1. The van der Waals surface area contributed by atoms with Crippen molar-refractivity contribution in [3.05, 3.63) is 70.3 Å². The molecule has 0 aliphatic heterocycles. The van der Waals surface area contributed by atoms with Crippen LogP contribution < -0.4 is 5.73 Å². The van der Waals surface area contributed by atoms with Crippen molar-refractivity contribution in [3.63, 3.8) is 0 Å². The van der Waals surface area contributed by atoms with Crippen LogP contribution in [-0.4, -0.2) is 6.04 Å². The van der Waals surface area contributed by atoms with Crippen LogP contribution in [0.5, 0.6) is 0 Å². The summed E-state index contributed by atoms with van der Waals surface area (Å²) >= 11 is 0. The molecule has 0 saturated carbocycles. The highest BCUT2D eigenvalue weighted by molar-refractivity contribution is 5.46. The highest BCUT2D eigenvalue weighted by Gasteiger charge is 2.26. The Bertz CT molecular complexity index is 596. The lowest BCUT2D eigenvalue weighted by molar-refractivity contribution is 0.610. The van der Waals surface area contributed by atoms with Crippen LogP contribution in [0.25, 0.3) is 0 Å². The molecule has 0 saturated heterocycles. The first-order valence-electron chi connectivity index (χ1n) is 6.88. The first-order valence-corrected chi connectivity index (χ1v) is 6.88. The van der Waals surface area contributed by atoms with E-state index in [1.54, 1.807) is 12.1 Å². The number of halogens is 2. The van der Waals surface area contributed by atoms with E-state index in [4.69, 9.17) is 5.73 Å². The zero-order valence-electron chi connectivity index (χ0n) is 11.4. The number of benzene rings is 2. The Morgan fingerprint density at radius 3 is 1.80 bits per heavy atom. The number of fused-ring (bicyclic) bond motifs is 2. The molecular formula is C17H17F2N. The van der Waals surface area contributed by atoms with Gasteiger partial charge in [-0.15, -0.1) is 0 Å². The molecule has 1 aliphatic rings. The summed E-state index contributed by atoms with van der Waals surface area (Å²) in [7, 11) is 0. The Morgan fingerprint density at radius 1 is 0.950 bits per heavy atom. The van der Waals surface area contributed by atoms with E-state index in [0.29, 0.717) is 12.8 Å². The third-order valence-electron chi connectivity index (χ3n) is 4.07. The van der Waals surface area contributed by atoms with Gasteiger partial charge in [-0.3, -0.25) is 0 Å². The van der Waals surface area contributed by atoms with E-state index in [-0.39, 0.29) is 23.6 Å². The molecule has 0 bridgehead atoms. The third-order valence-corrected chi connectivity index (χ3v) is 4.07. The summed E-state index contributed by atoms with van der Waals surface area (Å²) in [6.07, 6.45) is 1.43. The van der Waals surface area contributed by atoms with E-state index in [0.717, 1.165) is 22.3 Å². The lowest BCUT2D eigenvalue weighted by Gasteiger charge is -2.24. The zero-order valence-corrected chi connectivity index (χ0v) is 11.4. The number of aryl methyl sites for hydroxylation is 2. The number of rotatable bonds is 1. The summed E-state index contributed by atoms with van der Waals surface area (Å²) in [5.74, 6) is -0.475. The van der Waals surface area contributed by atoms with Gasteiger partial charge in [-0.2, -0.15) is 0 Å². The van der Waals surface area contributed by atoms with Crippen LogP contribution in [0.1, 0.15) is 35.1 Å². The Balaban J connectivity index is 2.21. The second-order valence-corrected chi connectivity index (χ2v) is 5.52. The summed E-state index contributed by atoms with van der Waals surface area (Å²) in [5.41, 5.74) is 10.2. The van der Waals surface area contributed by atoms with E-state index >= 15 is 0 Å². The van der Waals surface area contributed by atoms with Gasteiger partial charge in [0.05, 0.1) is 0 Å². The normalized spacial score (nSPS) is 16.2. The van der Waals surface area contributed by atoms with Crippen molar-refractivity contribution in [1.29, 1.82) is 0 Å². The lowest BCUT2D eigenvalue weighted by Crippen LogP contribution is -2.26. The Morgan fingerprint density at radius 2 is 1.40 bits per heavy atom. The molecule has 2 N–H and O–H groups in total. The Hall–Kier alpha value is -1.74. The summed E-state index contributed by atoms with van der Waals surface area (Å²) in [6, 6.07) is 9.63. The largest absolute Gasteiger partial charge is 0.327 e. The minimum Gasteiger partial charge on any atom is -0.327 e. The van der Waals surface area contributed by atoms with Crippen LogP contribution in [0.3, 0.4) is 0 Å².